The van der Waals surface area contributed by atoms with Gasteiger partial charge in [-0.1, -0.05) is 48.5 Å². The molecule has 0 unspecified atom stereocenters. The van der Waals surface area contributed by atoms with E-state index in [1.807, 2.05) is 24.3 Å². The van der Waals surface area contributed by atoms with Crippen LogP contribution >= 0.6 is 0 Å². The summed E-state index contributed by atoms with van der Waals surface area (Å²) in [6.45, 7) is 0. The topological polar surface area (TPSA) is 12.9 Å². The van der Waals surface area contributed by atoms with Crippen LogP contribution in [0.15, 0.2) is 66.9 Å². The van der Waals surface area contributed by atoms with Crippen molar-refractivity contribution in [1.29, 1.82) is 0 Å². The molecule has 0 aliphatic rings. The van der Waals surface area contributed by atoms with Gasteiger partial charge < -0.3 is 0 Å². The van der Waals surface area contributed by atoms with Crippen LogP contribution in [0.2, 0.25) is 0 Å². The van der Waals surface area contributed by atoms with Gasteiger partial charge in [0.1, 0.15) is 0 Å². The molecule has 0 N–H and O–H groups in total. The van der Waals surface area contributed by atoms with Crippen molar-refractivity contribution in [3.63, 3.8) is 0 Å². The summed E-state index contributed by atoms with van der Waals surface area (Å²) in [4.78, 5) is 4.27. The van der Waals surface area contributed by atoms with E-state index < -0.39 is 0 Å². The second-order valence-electron chi connectivity index (χ2n) is 4.19. The first kappa shape index (κ1) is 10.7. The molecular weight excluding hydrogens is 218 g/mol. The third kappa shape index (κ3) is 2.30. The Morgan fingerprint density at radius 3 is 2.39 bits per heavy atom. The minimum atomic E-state index is 0.977. The second kappa shape index (κ2) is 4.84. The van der Waals surface area contributed by atoms with Crippen LogP contribution in [0.1, 0.15) is 11.3 Å². The Hall–Kier alpha value is -2.41. The highest BCUT2D eigenvalue weighted by Crippen LogP contribution is 2.17. The zero-order chi connectivity index (χ0) is 12.2. The van der Waals surface area contributed by atoms with Gasteiger partial charge in [0.15, 0.2) is 0 Å². The van der Waals surface area contributed by atoms with E-state index in [-0.39, 0.29) is 0 Å². The largest absolute Gasteiger partial charge is 0.257 e. The van der Waals surface area contributed by atoms with Crippen molar-refractivity contribution in [3.05, 3.63) is 78.1 Å². The van der Waals surface area contributed by atoms with Crippen LogP contribution in [-0.2, 0) is 0 Å². The summed E-state index contributed by atoms with van der Waals surface area (Å²) in [5.41, 5.74) is 2.17. The van der Waals surface area contributed by atoms with Gasteiger partial charge in [-0.15, -0.1) is 0 Å². The van der Waals surface area contributed by atoms with Gasteiger partial charge in [0.05, 0.1) is 5.69 Å². The van der Waals surface area contributed by atoms with Gasteiger partial charge in [0.2, 0.25) is 0 Å². The number of hydrogen-bond acceptors (Lipinski definition) is 1. The minimum absolute atomic E-state index is 0.977. The Kier molecular flexibility index (Phi) is 2.89. The van der Waals surface area contributed by atoms with Crippen molar-refractivity contribution in [3.8, 4) is 0 Å². The molecule has 0 amide bonds. The van der Waals surface area contributed by atoms with Gasteiger partial charge in [-0.2, -0.15) is 0 Å². The average molecular weight is 231 g/mol. The first-order chi connectivity index (χ1) is 8.92. The molecule has 0 aliphatic carbocycles. The van der Waals surface area contributed by atoms with Crippen LogP contribution in [0.3, 0.4) is 0 Å². The van der Waals surface area contributed by atoms with Crippen LogP contribution < -0.4 is 0 Å². The molecule has 0 bridgehead atoms. The number of rotatable bonds is 2. The quantitative estimate of drug-likeness (QED) is 0.636. The molecule has 0 aliphatic heterocycles. The standard InChI is InChI=1S/C17H13N/c1-2-6-16-13-14(8-10-15(16)5-1)9-11-17-7-3-4-12-18-17/h1-13H/b11-9-. The Labute approximate surface area is 106 Å². The van der Waals surface area contributed by atoms with Crippen molar-refractivity contribution >= 4 is 22.9 Å². The summed E-state index contributed by atoms with van der Waals surface area (Å²) in [6, 6.07) is 20.8. The summed E-state index contributed by atoms with van der Waals surface area (Å²) in [5, 5.41) is 2.54. The molecule has 1 heteroatoms. The van der Waals surface area contributed by atoms with Gasteiger partial charge >= 0.3 is 0 Å². The van der Waals surface area contributed by atoms with E-state index in [9.17, 15) is 0 Å². The van der Waals surface area contributed by atoms with E-state index >= 15 is 0 Å². The molecule has 1 nitrogen and oxygen atoms in total. The highest BCUT2D eigenvalue weighted by molar-refractivity contribution is 5.85. The summed E-state index contributed by atoms with van der Waals surface area (Å²) >= 11 is 0. The van der Waals surface area contributed by atoms with Crippen LogP contribution in [0.5, 0.6) is 0 Å². The Morgan fingerprint density at radius 2 is 1.56 bits per heavy atom. The van der Waals surface area contributed by atoms with Crippen molar-refractivity contribution in [2.45, 2.75) is 0 Å². The molecule has 86 valence electrons. The molecule has 2 aromatic carbocycles. The van der Waals surface area contributed by atoms with E-state index in [1.54, 1.807) is 6.20 Å². The van der Waals surface area contributed by atoms with Gasteiger partial charge in [0, 0.05) is 6.20 Å². The molecule has 0 atom stereocenters. The molecule has 0 saturated carbocycles. The van der Waals surface area contributed by atoms with E-state index in [1.165, 1.54) is 16.3 Å². The lowest BCUT2D eigenvalue weighted by molar-refractivity contribution is 1.30. The smallest absolute Gasteiger partial charge is 0.0629 e. The number of hydrogen-bond donors (Lipinski definition) is 0. The molecule has 0 saturated heterocycles. The van der Waals surface area contributed by atoms with Crippen molar-refractivity contribution in [2.24, 2.45) is 0 Å². The maximum absolute atomic E-state index is 4.27. The molecule has 3 rings (SSSR count). The first-order valence-electron chi connectivity index (χ1n) is 6.00. The summed E-state index contributed by atoms with van der Waals surface area (Å²) in [7, 11) is 0. The van der Waals surface area contributed by atoms with Gasteiger partial charge in [-0.3, -0.25) is 4.98 Å². The third-order valence-corrected chi connectivity index (χ3v) is 2.91. The van der Waals surface area contributed by atoms with Crippen LogP contribution in [-0.4, -0.2) is 4.98 Å². The zero-order valence-corrected chi connectivity index (χ0v) is 9.95. The van der Waals surface area contributed by atoms with Gasteiger partial charge in [0.25, 0.3) is 0 Å². The van der Waals surface area contributed by atoms with E-state index in [4.69, 9.17) is 0 Å². The number of aromatic nitrogens is 1. The molecule has 1 aromatic heterocycles. The monoisotopic (exact) mass is 231 g/mol. The predicted molar refractivity (Wildman–Crippen MR) is 77.1 cm³/mol. The highest BCUT2D eigenvalue weighted by atomic mass is 14.6. The first-order valence-corrected chi connectivity index (χ1v) is 6.00. The number of pyridine rings is 1. The normalized spacial score (nSPS) is 11.1. The fraction of sp³-hybridized carbons (Fsp3) is 0. The maximum Gasteiger partial charge on any atom is 0.0629 e. The molecule has 0 radical (unpaired) electrons. The summed E-state index contributed by atoms with van der Waals surface area (Å²) in [6.07, 6.45) is 5.93. The lowest BCUT2D eigenvalue weighted by Crippen LogP contribution is -1.78. The second-order valence-corrected chi connectivity index (χ2v) is 4.19. The summed E-state index contributed by atoms with van der Waals surface area (Å²) in [5.74, 6) is 0. The Morgan fingerprint density at radius 1 is 0.722 bits per heavy atom. The highest BCUT2D eigenvalue weighted by Gasteiger charge is 1.93. The number of benzene rings is 2. The zero-order valence-electron chi connectivity index (χ0n) is 9.95. The number of fused-ring (bicyclic) bond motifs is 1. The third-order valence-electron chi connectivity index (χ3n) is 2.91. The fourth-order valence-electron chi connectivity index (χ4n) is 1.97. The number of nitrogens with zero attached hydrogens (tertiary/aromatic N) is 1. The molecule has 0 fully saturated rings. The minimum Gasteiger partial charge on any atom is -0.257 e. The van der Waals surface area contributed by atoms with E-state index in [2.05, 4.69) is 53.5 Å². The fourth-order valence-corrected chi connectivity index (χ4v) is 1.97. The van der Waals surface area contributed by atoms with Crippen LogP contribution in [0.4, 0.5) is 0 Å². The Bertz CT molecular complexity index is 684. The van der Waals surface area contributed by atoms with Crippen molar-refractivity contribution in [1.82, 2.24) is 4.98 Å². The molecule has 1 heterocycles. The van der Waals surface area contributed by atoms with E-state index in [0.717, 1.165) is 5.69 Å². The van der Waals surface area contributed by atoms with Gasteiger partial charge in [-0.05, 0) is 40.6 Å². The average Bonchev–Trinajstić information content (AvgIpc) is 2.46. The van der Waals surface area contributed by atoms with Gasteiger partial charge in [-0.25, -0.2) is 0 Å². The maximum atomic E-state index is 4.27. The SMILES string of the molecule is C(=C/c1ccccn1)/c1ccc2ccccc2c1. The molecule has 18 heavy (non-hydrogen) atoms. The Balaban J connectivity index is 1.93. The van der Waals surface area contributed by atoms with E-state index in [0.29, 0.717) is 0 Å². The van der Waals surface area contributed by atoms with Crippen LogP contribution in [0.25, 0.3) is 22.9 Å². The lowest BCUT2D eigenvalue weighted by Gasteiger charge is -1.99. The molecular formula is C17H13N. The van der Waals surface area contributed by atoms with Crippen molar-refractivity contribution < 1.29 is 0 Å². The summed E-state index contributed by atoms with van der Waals surface area (Å²) < 4.78 is 0. The lowest BCUT2D eigenvalue weighted by atomic mass is 10.1. The van der Waals surface area contributed by atoms with Crippen molar-refractivity contribution in [2.75, 3.05) is 0 Å². The molecule has 0 spiro atoms. The molecule has 3 aromatic rings. The van der Waals surface area contributed by atoms with Crippen LogP contribution in [0, 0.1) is 0 Å². The predicted octanol–water partition coefficient (Wildman–Crippen LogP) is 4.41.